The van der Waals surface area contributed by atoms with Gasteiger partial charge >= 0.3 is 5.97 Å². The van der Waals surface area contributed by atoms with Gasteiger partial charge in [-0.25, -0.2) is 13.4 Å². The molecule has 0 spiro atoms. The van der Waals surface area contributed by atoms with Crippen LogP contribution in [0.1, 0.15) is 38.4 Å². The molecule has 1 aromatic carbocycles. The number of nitrogens with one attached hydrogen (secondary N) is 2. The lowest BCUT2D eigenvalue weighted by atomic mass is 10.1. The van der Waals surface area contributed by atoms with Crippen LogP contribution in [0.15, 0.2) is 27.9 Å². The van der Waals surface area contributed by atoms with Crippen molar-refractivity contribution >= 4 is 16.0 Å². The van der Waals surface area contributed by atoms with Crippen LogP contribution in [0.5, 0.6) is 5.75 Å². The molecule has 2 aromatic rings. The highest BCUT2D eigenvalue weighted by Gasteiger charge is 2.20. The zero-order valence-corrected chi connectivity index (χ0v) is 17.4. The molecule has 3 N–H and O–H groups in total. The first-order valence-electron chi connectivity index (χ1n) is 9.34. The average Bonchev–Trinajstić information content (AvgIpc) is 2.69. The lowest BCUT2D eigenvalue weighted by Gasteiger charge is -2.14. The van der Waals surface area contributed by atoms with E-state index in [-0.39, 0.29) is 16.3 Å². The lowest BCUT2D eigenvalue weighted by Crippen LogP contribution is -2.29. The third-order valence-electron chi connectivity index (χ3n) is 4.18. The Hall–Kier alpha value is -2.72. The molecule has 2 rings (SSSR count). The molecule has 0 fully saturated rings. The average molecular weight is 423 g/mol. The Morgan fingerprint density at radius 1 is 1.24 bits per heavy atom. The molecule has 0 aliphatic rings. The summed E-state index contributed by atoms with van der Waals surface area (Å²) in [5.41, 5.74) is 1.24. The monoisotopic (exact) mass is 423 g/mol. The predicted octanol–water partition coefficient (Wildman–Crippen LogP) is 1.71. The molecular formula is C19H25N3O6S. The molecule has 1 aromatic heterocycles. The van der Waals surface area contributed by atoms with Gasteiger partial charge in [-0.1, -0.05) is 20.8 Å². The van der Waals surface area contributed by atoms with Crippen LogP contribution in [0, 0.1) is 0 Å². The van der Waals surface area contributed by atoms with E-state index < -0.39 is 22.5 Å². The Morgan fingerprint density at radius 3 is 2.55 bits per heavy atom. The minimum Gasteiger partial charge on any atom is -0.493 e. The molecule has 0 saturated heterocycles. The molecule has 0 saturated carbocycles. The second-order valence-corrected chi connectivity index (χ2v) is 8.04. The van der Waals surface area contributed by atoms with Crippen molar-refractivity contribution in [3.05, 3.63) is 39.8 Å². The van der Waals surface area contributed by atoms with Gasteiger partial charge < -0.3 is 14.8 Å². The van der Waals surface area contributed by atoms with E-state index in [4.69, 9.17) is 9.84 Å². The molecule has 9 nitrogen and oxygen atoms in total. The Bertz CT molecular complexity index is 1050. The molecular weight excluding hydrogens is 398 g/mol. The summed E-state index contributed by atoms with van der Waals surface area (Å²) in [5.74, 6) is -0.727. The number of ether oxygens (including phenoxy) is 1. The Balaban J connectivity index is 2.63. The summed E-state index contributed by atoms with van der Waals surface area (Å²) in [6.07, 6.45) is 1.81. The summed E-state index contributed by atoms with van der Waals surface area (Å²) in [6, 6.07) is 4.11. The molecule has 0 atom stereocenters. The predicted molar refractivity (Wildman–Crippen MR) is 108 cm³/mol. The van der Waals surface area contributed by atoms with Crippen molar-refractivity contribution < 1.29 is 23.1 Å². The standard InChI is InChI=1S/C19H25N3O6S/c1-4-9-28-16-8-7-12(29(26,27)20-11-17(23)24)10-14(16)18-21-15(6-3)13(5-2)19(25)22-18/h7-8,10,20H,4-6,9,11H2,1-3H3,(H,23,24)(H,21,22,25). The van der Waals surface area contributed by atoms with Gasteiger partial charge in [0.1, 0.15) is 18.1 Å². The highest BCUT2D eigenvalue weighted by molar-refractivity contribution is 7.89. The number of hydrogen-bond donors (Lipinski definition) is 3. The number of aromatic nitrogens is 2. The van der Waals surface area contributed by atoms with Crippen molar-refractivity contribution in [2.45, 2.75) is 44.9 Å². The second-order valence-electron chi connectivity index (χ2n) is 6.27. The number of aromatic amines is 1. The van der Waals surface area contributed by atoms with Gasteiger partial charge in [0.2, 0.25) is 10.0 Å². The summed E-state index contributed by atoms with van der Waals surface area (Å²) in [4.78, 5) is 30.3. The van der Waals surface area contributed by atoms with Crippen LogP contribution in [0.25, 0.3) is 11.4 Å². The number of carbonyl (C=O) groups is 1. The van der Waals surface area contributed by atoms with E-state index in [0.717, 1.165) is 6.42 Å². The molecule has 0 aliphatic carbocycles. The van der Waals surface area contributed by atoms with E-state index in [0.29, 0.717) is 42.0 Å². The first kappa shape index (κ1) is 22.6. The van der Waals surface area contributed by atoms with Gasteiger partial charge in [-0.2, -0.15) is 4.72 Å². The van der Waals surface area contributed by atoms with Crippen LogP contribution in [0.4, 0.5) is 0 Å². The maximum Gasteiger partial charge on any atom is 0.318 e. The number of H-pyrrole nitrogens is 1. The first-order chi connectivity index (χ1) is 13.7. The summed E-state index contributed by atoms with van der Waals surface area (Å²) in [6.45, 7) is 5.33. The van der Waals surface area contributed by atoms with Crippen molar-refractivity contribution in [1.29, 1.82) is 0 Å². The molecule has 0 unspecified atom stereocenters. The number of carboxylic acid groups (broad SMARTS) is 1. The molecule has 158 valence electrons. The topological polar surface area (TPSA) is 138 Å². The maximum atomic E-state index is 12.5. The number of carboxylic acids is 1. The van der Waals surface area contributed by atoms with Crippen molar-refractivity contribution in [3.63, 3.8) is 0 Å². The number of rotatable bonds is 10. The molecule has 0 amide bonds. The molecule has 10 heteroatoms. The Morgan fingerprint density at radius 2 is 1.97 bits per heavy atom. The largest absolute Gasteiger partial charge is 0.493 e. The number of benzene rings is 1. The van der Waals surface area contributed by atoms with E-state index >= 15 is 0 Å². The van der Waals surface area contributed by atoms with Crippen molar-refractivity contribution in [1.82, 2.24) is 14.7 Å². The Kier molecular flexibility index (Phi) is 7.52. The van der Waals surface area contributed by atoms with Gasteiger partial charge in [0.05, 0.1) is 22.8 Å². The lowest BCUT2D eigenvalue weighted by molar-refractivity contribution is -0.135. The van der Waals surface area contributed by atoms with Gasteiger partial charge in [0.25, 0.3) is 5.56 Å². The normalized spacial score (nSPS) is 11.4. The van der Waals surface area contributed by atoms with Crippen molar-refractivity contribution in [3.8, 4) is 17.1 Å². The van der Waals surface area contributed by atoms with E-state index in [2.05, 4.69) is 9.97 Å². The smallest absolute Gasteiger partial charge is 0.318 e. The van der Waals surface area contributed by atoms with Crippen molar-refractivity contribution in [2.75, 3.05) is 13.2 Å². The van der Waals surface area contributed by atoms with Crippen LogP contribution in [0.2, 0.25) is 0 Å². The fourth-order valence-corrected chi connectivity index (χ4v) is 3.77. The maximum absolute atomic E-state index is 12.5. The summed E-state index contributed by atoms with van der Waals surface area (Å²) >= 11 is 0. The van der Waals surface area contributed by atoms with Gasteiger partial charge in [-0.3, -0.25) is 9.59 Å². The van der Waals surface area contributed by atoms with Crippen LogP contribution < -0.4 is 15.0 Å². The highest BCUT2D eigenvalue weighted by Crippen LogP contribution is 2.30. The number of hydrogen-bond acceptors (Lipinski definition) is 6. The number of aryl methyl sites for hydroxylation is 1. The van der Waals surface area contributed by atoms with Crippen molar-refractivity contribution in [2.24, 2.45) is 0 Å². The van der Waals surface area contributed by atoms with E-state index in [1.54, 1.807) is 0 Å². The minimum absolute atomic E-state index is 0.155. The number of nitrogens with zero attached hydrogens (tertiary/aromatic N) is 1. The van der Waals surface area contributed by atoms with Gasteiger partial charge in [-0.05, 0) is 37.5 Å². The van der Waals surface area contributed by atoms with E-state index in [9.17, 15) is 18.0 Å². The van der Waals surface area contributed by atoms with E-state index in [1.807, 2.05) is 25.5 Å². The fourth-order valence-electron chi connectivity index (χ4n) is 2.77. The van der Waals surface area contributed by atoms with Crippen LogP contribution in [-0.4, -0.2) is 42.6 Å². The highest BCUT2D eigenvalue weighted by atomic mass is 32.2. The quantitative estimate of drug-likeness (QED) is 0.529. The van der Waals surface area contributed by atoms with Crippen LogP contribution >= 0.6 is 0 Å². The van der Waals surface area contributed by atoms with Gasteiger partial charge in [-0.15, -0.1) is 0 Å². The summed E-state index contributed by atoms with van der Waals surface area (Å²) in [5, 5.41) is 8.74. The second kappa shape index (κ2) is 9.66. The molecule has 0 radical (unpaired) electrons. The van der Waals surface area contributed by atoms with Gasteiger partial charge in [0, 0.05) is 5.56 Å². The zero-order chi connectivity index (χ0) is 21.6. The molecule has 1 heterocycles. The fraction of sp³-hybridized carbons (Fsp3) is 0.421. The zero-order valence-electron chi connectivity index (χ0n) is 16.6. The molecule has 0 bridgehead atoms. The third-order valence-corrected chi connectivity index (χ3v) is 5.58. The molecule has 0 aliphatic heterocycles. The molecule has 29 heavy (non-hydrogen) atoms. The third kappa shape index (κ3) is 5.42. The summed E-state index contributed by atoms with van der Waals surface area (Å²) < 4.78 is 32.6. The minimum atomic E-state index is -4.07. The van der Waals surface area contributed by atoms with Crippen LogP contribution in [-0.2, 0) is 27.7 Å². The first-order valence-corrected chi connectivity index (χ1v) is 10.8. The van der Waals surface area contributed by atoms with E-state index in [1.165, 1.54) is 18.2 Å². The van der Waals surface area contributed by atoms with Crippen LogP contribution in [0.3, 0.4) is 0 Å². The Labute approximate surface area is 169 Å². The SMILES string of the molecule is CCCOc1ccc(S(=O)(=O)NCC(=O)O)cc1-c1nc(CC)c(CC)c(=O)[nH]1. The summed E-state index contributed by atoms with van der Waals surface area (Å²) in [7, 11) is -4.07. The number of aliphatic carboxylic acids is 1. The number of sulfonamides is 1. The van der Waals surface area contributed by atoms with Gasteiger partial charge in [0.15, 0.2) is 0 Å².